The van der Waals surface area contributed by atoms with Gasteiger partial charge in [0.2, 0.25) is 0 Å². The number of carbonyl (C=O) groups excluding carboxylic acids is 4. The van der Waals surface area contributed by atoms with Crippen LogP contribution in [0.4, 0.5) is 0 Å². The second-order valence-corrected chi connectivity index (χ2v) is 7.15. The zero-order valence-electron chi connectivity index (χ0n) is 16.8. The van der Waals surface area contributed by atoms with E-state index in [0.29, 0.717) is 0 Å². The second kappa shape index (κ2) is 13.0. The van der Waals surface area contributed by atoms with E-state index < -0.39 is 0 Å². The van der Waals surface area contributed by atoms with Crippen molar-refractivity contribution in [3.8, 4) is 0 Å². The van der Waals surface area contributed by atoms with Gasteiger partial charge < -0.3 is 0 Å². The Morgan fingerprint density at radius 2 is 0.792 bits per heavy atom. The minimum atomic E-state index is -0.0157. The Morgan fingerprint density at radius 3 is 0.958 bits per heavy atom. The molecule has 24 heavy (non-hydrogen) atoms. The van der Waals surface area contributed by atoms with Crippen LogP contribution in [0.15, 0.2) is 0 Å². The SMILES string of the molecule is CCC(C)C(=O)CC(=O)C(C)C.CCC(C)C(=O)CC(=O)C(C)C. The topological polar surface area (TPSA) is 68.3 Å². The lowest BCUT2D eigenvalue weighted by Crippen LogP contribution is -2.18. The Hall–Kier alpha value is -1.32. The number of ketones is 4. The molecule has 0 saturated heterocycles. The summed E-state index contributed by atoms with van der Waals surface area (Å²) in [6.07, 6.45) is 1.88. The third kappa shape index (κ3) is 11.3. The van der Waals surface area contributed by atoms with Crippen LogP contribution in [0.25, 0.3) is 0 Å². The van der Waals surface area contributed by atoms with E-state index in [1.54, 1.807) is 0 Å². The Labute approximate surface area is 147 Å². The maximum Gasteiger partial charge on any atom is 0.143 e. The minimum absolute atomic E-state index is 0.0157. The Morgan fingerprint density at radius 1 is 0.542 bits per heavy atom. The van der Waals surface area contributed by atoms with Crippen LogP contribution in [0.2, 0.25) is 0 Å². The number of carbonyl (C=O) groups is 4. The first kappa shape index (κ1) is 24.9. The summed E-state index contributed by atoms with van der Waals surface area (Å²) >= 11 is 0. The molecule has 0 aromatic heterocycles. The fraction of sp³-hybridized carbons (Fsp3) is 0.800. The number of hydrogen-bond donors (Lipinski definition) is 0. The van der Waals surface area contributed by atoms with Gasteiger partial charge in [-0.05, 0) is 12.8 Å². The normalized spacial score (nSPS) is 13.1. The summed E-state index contributed by atoms with van der Waals surface area (Å²) in [6, 6.07) is 0. The second-order valence-electron chi connectivity index (χ2n) is 7.15. The molecule has 2 unspecified atom stereocenters. The highest BCUT2D eigenvalue weighted by Gasteiger charge is 2.17. The lowest BCUT2D eigenvalue weighted by molar-refractivity contribution is -0.132. The highest BCUT2D eigenvalue weighted by atomic mass is 16.2. The molecule has 0 N–H and O–H groups in total. The van der Waals surface area contributed by atoms with E-state index >= 15 is 0 Å². The molecule has 4 nitrogen and oxygen atoms in total. The quantitative estimate of drug-likeness (QED) is 0.552. The molecule has 0 amide bonds. The van der Waals surface area contributed by atoms with Crippen molar-refractivity contribution in [2.75, 3.05) is 0 Å². The van der Waals surface area contributed by atoms with Crippen molar-refractivity contribution in [3.63, 3.8) is 0 Å². The van der Waals surface area contributed by atoms with Gasteiger partial charge in [-0.1, -0.05) is 55.4 Å². The van der Waals surface area contributed by atoms with E-state index in [9.17, 15) is 19.2 Å². The van der Waals surface area contributed by atoms with E-state index in [0.717, 1.165) is 12.8 Å². The van der Waals surface area contributed by atoms with Crippen molar-refractivity contribution in [2.45, 2.75) is 81.1 Å². The van der Waals surface area contributed by atoms with Crippen LogP contribution < -0.4 is 0 Å². The van der Waals surface area contributed by atoms with Crippen molar-refractivity contribution in [2.24, 2.45) is 23.7 Å². The summed E-state index contributed by atoms with van der Waals surface area (Å²) < 4.78 is 0. The van der Waals surface area contributed by atoms with Gasteiger partial charge in [-0.15, -0.1) is 0 Å². The predicted octanol–water partition coefficient (Wildman–Crippen LogP) is 4.43. The summed E-state index contributed by atoms with van der Waals surface area (Å²) in [7, 11) is 0. The van der Waals surface area contributed by atoms with Gasteiger partial charge in [-0.25, -0.2) is 0 Å². The first-order valence-electron chi connectivity index (χ1n) is 9.08. The van der Waals surface area contributed by atoms with E-state index in [4.69, 9.17) is 0 Å². The fourth-order valence-corrected chi connectivity index (χ4v) is 1.56. The third-order valence-corrected chi connectivity index (χ3v) is 4.31. The standard InChI is InChI=1S/2C10H18O2/c2*1-5-8(4)10(12)6-9(11)7(2)3/h2*7-8H,5-6H2,1-4H3. The zero-order valence-corrected chi connectivity index (χ0v) is 16.8. The molecule has 0 saturated carbocycles. The summed E-state index contributed by atoms with van der Waals surface area (Å²) in [5, 5.41) is 0. The number of rotatable bonds is 10. The van der Waals surface area contributed by atoms with E-state index in [1.165, 1.54) is 0 Å². The van der Waals surface area contributed by atoms with Crippen LogP contribution in [-0.2, 0) is 19.2 Å². The summed E-state index contributed by atoms with van der Waals surface area (Å²) in [6.45, 7) is 15.0. The molecule has 0 aliphatic rings. The Balaban J connectivity index is 0. The van der Waals surface area contributed by atoms with Crippen molar-refractivity contribution in [1.29, 1.82) is 0 Å². The van der Waals surface area contributed by atoms with E-state index in [2.05, 4.69) is 0 Å². The lowest BCUT2D eigenvalue weighted by Gasteiger charge is -2.07. The molecule has 0 aliphatic carbocycles. The van der Waals surface area contributed by atoms with Gasteiger partial charge in [0.15, 0.2) is 0 Å². The Kier molecular flexibility index (Phi) is 13.5. The highest BCUT2D eigenvalue weighted by molar-refractivity contribution is 6.01. The van der Waals surface area contributed by atoms with Gasteiger partial charge >= 0.3 is 0 Å². The first-order valence-corrected chi connectivity index (χ1v) is 9.08. The van der Waals surface area contributed by atoms with Crippen molar-refractivity contribution < 1.29 is 19.2 Å². The molecular weight excluding hydrogens is 304 g/mol. The van der Waals surface area contributed by atoms with Gasteiger partial charge in [-0.3, -0.25) is 19.2 Å². The maximum atomic E-state index is 11.3. The largest absolute Gasteiger partial charge is 0.299 e. The van der Waals surface area contributed by atoms with Crippen molar-refractivity contribution in [1.82, 2.24) is 0 Å². The van der Waals surface area contributed by atoms with E-state index in [-0.39, 0.29) is 59.6 Å². The predicted molar refractivity (Wildman–Crippen MR) is 97.8 cm³/mol. The molecular formula is C20H36O4. The van der Waals surface area contributed by atoms with Crippen LogP contribution in [0, 0.1) is 23.7 Å². The molecule has 0 aliphatic heterocycles. The average molecular weight is 341 g/mol. The molecule has 2 atom stereocenters. The van der Waals surface area contributed by atoms with Crippen LogP contribution in [0.3, 0.4) is 0 Å². The molecule has 0 bridgehead atoms. The summed E-state index contributed by atoms with van der Waals surface area (Å²) in [4.78, 5) is 44.8. The van der Waals surface area contributed by atoms with Gasteiger partial charge in [0, 0.05) is 23.7 Å². The van der Waals surface area contributed by atoms with Gasteiger partial charge in [0.05, 0.1) is 12.8 Å². The minimum Gasteiger partial charge on any atom is -0.299 e. The average Bonchev–Trinajstić information content (AvgIpc) is 2.53. The summed E-state index contributed by atoms with van der Waals surface area (Å²) in [5.41, 5.74) is 0. The van der Waals surface area contributed by atoms with Crippen molar-refractivity contribution >= 4 is 23.1 Å². The molecule has 0 spiro atoms. The van der Waals surface area contributed by atoms with Crippen LogP contribution in [0.1, 0.15) is 81.1 Å². The number of hydrogen-bond acceptors (Lipinski definition) is 4. The summed E-state index contributed by atoms with van der Waals surface area (Å²) in [5.74, 6) is 0.310. The van der Waals surface area contributed by atoms with Gasteiger partial charge in [-0.2, -0.15) is 0 Å². The lowest BCUT2D eigenvalue weighted by atomic mass is 9.96. The third-order valence-electron chi connectivity index (χ3n) is 4.31. The Bertz CT molecular complexity index is 381. The zero-order chi connectivity index (χ0) is 19.4. The van der Waals surface area contributed by atoms with Crippen molar-refractivity contribution in [3.05, 3.63) is 0 Å². The van der Waals surface area contributed by atoms with E-state index in [1.807, 2.05) is 55.4 Å². The van der Waals surface area contributed by atoms with Crippen LogP contribution in [-0.4, -0.2) is 23.1 Å². The molecule has 4 heteroatoms. The van der Waals surface area contributed by atoms with Crippen LogP contribution in [0.5, 0.6) is 0 Å². The smallest absolute Gasteiger partial charge is 0.143 e. The fourth-order valence-electron chi connectivity index (χ4n) is 1.56. The van der Waals surface area contributed by atoms with Gasteiger partial charge in [0.1, 0.15) is 23.1 Å². The molecule has 0 fully saturated rings. The molecule has 0 rings (SSSR count). The molecule has 0 aromatic rings. The monoisotopic (exact) mass is 340 g/mol. The van der Waals surface area contributed by atoms with Gasteiger partial charge in [0.25, 0.3) is 0 Å². The molecule has 140 valence electrons. The number of Topliss-reactive ketones (excluding diaryl/α,β-unsaturated/α-hetero) is 4. The molecule has 0 radical (unpaired) electrons. The highest BCUT2D eigenvalue weighted by Crippen LogP contribution is 2.09. The first-order chi connectivity index (χ1) is 11.0. The maximum absolute atomic E-state index is 11.3. The molecule has 0 heterocycles. The van der Waals surface area contributed by atoms with Crippen LogP contribution >= 0.6 is 0 Å². The molecule has 0 aromatic carbocycles.